The number of nitrogens with one attached hydrogen (secondary N) is 2. The second-order valence-corrected chi connectivity index (χ2v) is 2.32. The van der Waals surface area contributed by atoms with Crippen molar-refractivity contribution in [3.63, 3.8) is 0 Å². The molecule has 0 spiro atoms. The lowest BCUT2D eigenvalue weighted by molar-refractivity contribution is 0.193. The van der Waals surface area contributed by atoms with Crippen LogP contribution in [0.15, 0.2) is 11.8 Å². The molecule has 0 aromatic heterocycles. The van der Waals surface area contributed by atoms with Gasteiger partial charge in [0.15, 0.2) is 5.11 Å². The number of hydrogen-bond acceptors (Lipinski definition) is 2. The summed E-state index contributed by atoms with van der Waals surface area (Å²) in [6.45, 7) is 1.81. The fraction of sp³-hybridized carbons (Fsp3) is 0.400. The normalized spacial score (nSPS) is 26.2. The number of hydrogen-bond donors (Lipinski definition) is 3. The summed E-state index contributed by atoms with van der Waals surface area (Å²) in [5, 5.41) is 14.9. The molecule has 1 rings (SSSR count). The predicted molar refractivity (Wildman–Crippen MR) is 38.6 cm³/mol. The largest absolute Gasteiger partial charge is 0.370 e. The van der Waals surface area contributed by atoms with Crippen LogP contribution >= 0.6 is 12.2 Å². The Morgan fingerprint density at radius 2 is 2.44 bits per heavy atom. The van der Waals surface area contributed by atoms with E-state index < -0.39 is 6.23 Å². The Hall–Kier alpha value is -0.610. The Kier molecular flexibility index (Phi) is 1.68. The third-order valence-corrected chi connectivity index (χ3v) is 1.37. The zero-order valence-electron chi connectivity index (χ0n) is 5.01. The average molecular weight is 144 g/mol. The number of rotatable bonds is 0. The lowest BCUT2D eigenvalue weighted by Gasteiger charge is -2.20. The van der Waals surface area contributed by atoms with E-state index in [2.05, 4.69) is 10.6 Å². The zero-order valence-corrected chi connectivity index (χ0v) is 5.83. The van der Waals surface area contributed by atoms with Crippen LogP contribution in [-0.4, -0.2) is 16.4 Å². The van der Waals surface area contributed by atoms with Gasteiger partial charge in [-0.1, -0.05) is 0 Å². The first-order chi connectivity index (χ1) is 4.20. The Morgan fingerprint density at radius 1 is 1.78 bits per heavy atom. The second kappa shape index (κ2) is 2.33. The minimum Gasteiger partial charge on any atom is -0.370 e. The lowest BCUT2D eigenvalue weighted by atomic mass is 10.3. The maximum atomic E-state index is 9.04. The maximum absolute atomic E-state index is 9.04. The molecule has 1 atom stereocenters. The summed E-state index contributed by atoms with van der Waals surface area (Å²) in [6.07, 6.45) is 1.07. The fourth-order valence-electron chi connectivity index (χ4n) is 0.538. The molecule has 0 aromatic rings. The topological polar surface area (TPSA) is 44.3 Å². The van der Waals surface area contributed by atoms with Gasteiger partial charge in [0, 0.05) is 6.20 Å². The molecular formula is C5H8N2OS. The summed E-state index contributed by atoms with van der Waals surface area (Å²) in [5.41, 5.74) is 0.837. The highest BCUT2D eigenvalue weighted by Crippen LogP contribution is 1.99. The first-order valence-electron chi connectivity index (χ1n) is 2.62. The standard InChI is InChI=1S/C5H8N2OS/c1-3-2-6-5(9)7-4(3)8/h2,4,8H,1H3,(H2,6,7,9). The maximum Gasteiger partial charge on any atom is 0.172 e. The number of aliphatic hydroxyl groups is 1. The van der Waals surface area contributed by atoms with Crippen LogP contribution in [0, 0.1) is 0 Å². The van der Waals surface area contributed by atoms with Crippen molar-refractivity contribution in [2.45, 2.75) is 13.2 Å². The van der Waals surface area contributed by atoms with Gasteiger partial charge in [-0.3, -0.25) is 0 Å². The molecule has 50 valence electrons. The van der Waals surface area contributed by atoms with Crippen LogP contribution in [0.5, 0.6) is 0 Å². The third kappa shape index (κ3) is 1.40. The number of thiocarbonyl (C=S) groups is 1. The molecule has 1 unspecified atom stereocenters. The quantitative estimate of drug-likeness (QED) is 0.408. The molecule has 1 heterocycles. The summed E-state index contributed by atoms with van der Waals surface area (Å²) >= 11 is 4.71. The van der Waals surface area contributed by atoms with Crippen molar-refractivity contribution in [2.24, 2.45) is 0 Å². The van der Waals surface area contributed by atoms with Crippen LogP contribution in [0.25, 0.3) is 0 Å². The van der Waals surface area contributed by atoms with E-state index in [1.165, 1.54) is 0 Å². The van der Waals surface area contributed by atoms with E-state index in [9.17, 15) is 0 Å². The van der Waals surface area contributed by atoms with E-state index in [-0.39, 0.29) is 0 Å². The second-order valence-electron chi connectivity index (χ2n) is 1.91. The summed E-state index contributed by atoms with van der Waals surface area (Å²) in [7, 11) is 0. The van der Waals surface area contributed by atoms with Gasteiger partial charge in [-0.25, -0.2) is 0 Å². The summed E-state index contributed by atoms with van der Waals surface area (Å²) < 4.78 is 0. The molecule has 1 aliphatic rings. The van der Waals surface area contributed by atoms with Crippen LogP contribution < -0.4 is 10.6 Å². The van der Waals surface area contributed by atoms with Crippen molar-refractivity contribution in [1.82, 2.24) is 10.6 Å². The molecule has 0 saturated heterocycles. The summed E-state index contributed by atoms with van der Waals surface area (Å²) in [6, 6.07) is 0. The van der Waals surface area contributed by atoms with E-state index in [1.807, 2.05) is 6.92 Å². The van der Waals surface area contributed by atoms with Gasteiger partial charge in [0.2, 0.25) is 0 Å². The third-order valence-electron chi connectivity index (χ3n) is 1.13. The molecule has 0 saturated carbocycles. The summed E-state index contributed by atoms with van der Waals surface area (Å²) in [5.74, 6) is 0. The zero-order chi connectivity index (χ0) is 6.85. The molecule has 4 heteroatoms. The Bertz CT molecular complexity index is 166. The highest BCUT2D eigenvalue weighted by atomic mass is 32.1. The minimum atomic E-state index is -0.612. The van der Waals surface area contributed by atoms with Gasteiger partial charge in [0.1, 0.15) is 6.23 Å². The molecule has 3 N–H and O–H groups in total. The molecule has 0 aromatic carbocycles. The van der Waals surface area contributed by atoms with Crippen molar-refractivity contribution < 1.29 is 5.11 Å². The highest BCUT2D eigenvalue weighted by molar-refractivity contribution is 7.80. The van der Waals surface area contributed by atoms with E-state index >= 15 is 0 Å². The van der Waals surface area contributed by atoms with E-state index in [1.54, 1.807) is 6.20 Å². The molecule has 0 aliphatic carbocycles. The van der Waals surface area contributed by atoms with Gasteiger partial charge < -0.3 is 15.7 Å². The minimum absolute atomic E-state index is 0.466. The van der Waals surface area contributed by atoms with Gasteiger partial charge in [-0.2, -0.15) is 0 Å². The van der Waals surface area contributed by atoms with E-state index in [0.717, 1.165) is 5.57 Å². The van der Waals surface area contributed by atoms with Gasteiger partial charge >= 0.3 is 0 Å². The van der Waals surface area contributed by atoms with E-state index in [4.69, 9.17) is 17.3 Å². The van der Waals surface area contributed by atoms with Crippen molar-refractivity contribution in [3.8, 4) is 0 Å². The summed E-state index contributed by atoms with van der Waals surface area (Å²) in [4.78, 5) is 0. The molecule has 0 fully saturated rings. The Morgan fingerprint density at radius 3 is 2.89 bits per heavy atom. The number of aliphatic hydroxyl groups excluding tert-OH is 1. The molecule has 3 nitrogen and oxygen atoms in total. The van der Waals surface area contributed by atoms with Crippen LogP contribution in [0.3, 0.4) is 0 Å². The first-order valence-corrected chi connectivity index (χ1v) is 3.03. The smallest absolute Gasteiger partial charge is 0.172 e. The fourth-order valence-corrected chi connectivity index (χ4v) is 0.709. The van der Waals surface area contributed by atoms with Gasteiger partial charge in [-0.15, -0.1) is 0 Å². The van der Waals surface area contributed by atoms with Gasteiger partial charge in [0.05, 0.1) is 0 Å². The van der Waals surface area contributed by atoms with Gasteiger partial charge in [-0.05, 0) is 24.7 Å². The van der Waals surface area contributed by atoms with Crippen molar-refractivity contribution in [2.75, 3.05) is 0 Å². The van der Waals surface area contributed by atoms with Crippen molar-refractivity contribution >= 4 is 17.3 Å². The molecule has 0 bridgehead atoms. The van der Waals surface area contributed by atoms with Gasteiger partial charge in [0.25, 0.3) is 0 Å². The molecule has 1 aliphatic heterocycles. The Labute approximate surface area is 58.8 Å². The SMILES string of the molecule is CC1=CNC(=S)NC1O. The van der Waals surface area contributed by atoms with Crippen molar-refractivity contribution in [1.29, 1.82) is 0 Å². The first kappa shape index (κ1) is 6.51. The monoisotopic (exact) mass is 144 g/mol. The highest BCUT2D eigenvalue weighted by Gasteiger charge is 2.10. The molecule has 0 radical (unpaired) electrons. The van der Waals surface area contributed by atoms with E-state index in [0.29, 0.717) is 5.11 Å². The predicted octanol–water partition coefficient (Wildman–Crippen LogP) is -0.314. The van der Waals surface area contributed by atoms with Crippen LogP contribution in [0.1, 0.15) is 6.92 Å². The molecule has 9 heavy (non-hydrogen) atoms. The molecular weight excluding hydrogens is 136 g/mol. The molecule has 0 amide bonds. The average Bonchev–Trinajstić information content (AvgIpc) is 1.80. The lowest BCUT2D eigenvalue weighted by Crippen LogP contribution is -2.44. The van der Waals surface area contributed by atoms with Crippen LogP contribution in [-0.2, 0) is 0 Å². The van der Waals surface area contributed by atoms with Crippen molar-refractivity contribution in [3.05, 3.63) is 11.8 Å². The van der Waals surface area contributed by atoms with Crippen LogP contribution in [0.4, 0.5) is 0 Å². The van der Waals surface area contributed by atoms with Crippen LogP contribution in [0.2, 0.25) is 0 Å². The Balaban J connectivity index is 2.67.